The predicted molar refractivity (Wildman–Crippen MR) is 132 cm³/mol. The Morgan fingerprint density at radius 1 is 1.00 bits per heavy atom. The molecule has 2 aromatic rings. The number of allylic oxidation sites excluding steroid dienone is 1. The smallest absolute Gasteiger partial charge is 0.168 e. The van der Waals surface area contributed by atoms with Gasteiger partial charge in [0, 0.05) is 42.0 Å². The summed E-state index contributed by atoms with van der Waals surface area (Å²) in [5.74, 6) is 1.38. The van der Waals surface area contributed by atoms with Crippen LogP contribution in [0.25, 0.3) is 0 Å². The van der Waals surface area contributed by atoms with Crippen LogP contribution in [0, 0.1) is 5.41 Å². The van der Waals surface area contributed by atoms with Crippen LogP contribution >= 0.6 is 12.2 Å². The zero-order chi connectivity index (χ0) is 22.9. The lowest BCUT2D eigenvalue weighted by Crippen LogP contribution is -2.39. The van der Waals surface area contributed by atoms with Gasteiger partial charge in [-0.2, -0.15) is 0 Å². The predicted octanol–water partition coefficient (Wildman–Crippen LogP) is 4.84. The number of thiocarbonyl (C=S) groups is 1. The van der Waals surface area contributed by atoms with E-state index in [4.69, 9.17) is 21.7 Å². The van der Waals surface area contributed by atoms with Gasteiger partial charge in [-0.25, -0.2) is 0 Å². The summed E-state index contributed by atoms with van der Waals surface area (Å²) in [5, 5.41) is 6.94. The summed E-state index contributed by atoms with van der Waals surface area (Å²) in [5.41, 5.74) is 4.90. The van der Waals surface area contributed by atoms with E-state index < -0.39 is 0 Å². The molecule has 168 valence electrons. The zero-order valence-electron chi connectivity index (χ0n) is 19.1. The fourth-order valence-electron chi connectivity index (χ4n) is 4.69. The number of hydrogen-bond acceptors (Lipinski definition) is 5. The van der Waals surface area contributed by atoms with Gasteiger partial charge < -0.3 is 20.1 Å². The number of carbonyl (C=O) groups is 1. The molecule has 0 bridgehead atoms. The molecule has 0 aliphatic heterocycles. The first-order valence-corrected chi connectivity index (χ1v) is 11.3. The van der Waals surface area contributed by atoms with E-state index >= 15 is 0 Å². The Morgan fingerprint density at radius 2 is 1.59 bits per heavy atom. The van der Waals surface area contributed by atoms with E-state index in [-0.39, 0.29) is 17.2 Å². The lowest BCUT2D eigenvalue weighted by molar-refractivity contribution is -0.117. The minimum absolute atomic E-state index is 0.0756. The fourth-order valence-corrected chi connectivity index (χ4v) is 5.04. The molecule has 0 unspecified atom stereocenters. The second-order valence-electron chi connectivity index (χ2n) is 9.37. The van der Waals surface area contributed by atoms with E-state index in [9.17, 15) is 4.79 Å². The van der Waals surface area contributed by atoms with Crippen LogP contribution in [-0.4, -0.2) is 31.0 Å². The summed E-state index contributed by atoms with van der Waals surface area (Å²) in [7, 11) is 3.21. The Bertz CT molecular complexity index is 1040. The number of rotatable bonds is 6. The molecular formula is C26H30N2O3S. The van der Waals surface area contributed by atoms with Crippen LogP contribution in [0.3, 0.4) is 0 Å². The maximum atomic E-state index is 13.2. The first-order chi connectivity index (χ1) is 15.3. The topological polar surface area (TPSA) is 59.6 Å². The first kappa shape index (κ1) is 22.3. The van der Waals surface area contributed by atoms with Crippen LogP contribution in [0.5, 0.6) is 11.5 Å². The number of Topliss-reactive ketones (excluding diaryl/α,β-unsaturated/α-hetero) is 1. The molecule has 2 N–H and O–H groups in total. The molecule has 0 fully saturated rings. The van der Waals surface area contributed by atoms with Gasteiger partial charge in [0.05, 0.1) is 19.8 Å². The standard InChI is InChI=1S/C26H30N2O3S/c1-26(2)14-22(27-18-9-16-7-5-6-8-17(16)10-18)24(23(29)15-26)25(32)28-19-11-20(30-3)13-21(12-19)31-4/h5-8,11-13,18,27H,9-10,14-15H2,1-4H3,(H,28,32). The third-order valence-corrected chi connectivity index (χ3v) is 6.45. The van der Waals surface area contributed by atoms with Crippen LogP contribution in [-0.2, 0) is 17.6 Å². The summed E-state index contributed by atoms with van der Waals surface area (Å²) in [6.45, 7) is 4.27. The average Bonchev–Trinajstić information content (AvgIpc) is 3.14. The zero-order valence-corrected chi connectivity index (χ0v) is 19.9. The molecule has 0 amide bonds. The van der Waals surface area contributed by atoms with Gasteiger partial charge in [-0.1, -0.05) is 50.3 Å². The van der Waals surface area contributed by atoms with Crippen molar-refractivity contribution in [3.05, 3.63) is 64.9 Å². The van der Waals surface area contributed by atoms with Gasteiger partial charge in [0.1, 0.15) is 16.5 Å². The molecule has 2 aromatic carbocycles. The van der Waals surface area contributed by atoms with Gasteiger partial charge in [-0.05, 0) is 35.8 Å². The van der Waals surface area contributed by atoms with Crippen LogP contribution in [0.1, 0.15) is 37.8 Å². The third-order valence-electron chi connectivity index (χ3n) is 6.14. The van der Waals surface area contributed by atoms with Crippen LogP contribution in [0.4, 0.5) is 5.69 Å². The highest BCUT2D eigenvalue weighted by atomic mass is 32.1. The molecule has 6 heteroatoms. The number of nitrogens with one attached hydrogen (secondary N) is 2. The van der Waals surface area contributed by atoms with Gasteiger partial charge in [0.25, 0.3) is 0 Å². The Labute approximate surface area is 195 Å². The number of hydrogen-bond donors (Lipinski definition) is 2. The molecular weight excluding hydrogens is 420 g/mol. The van der Waals surface area contributed by atoms with E-state index in [0.29, 0.717) is 28.5 Å². The SMILES string of the molecule is COc1cc(NC(=S)C2=C(NC3Cc4ccccc4C3)CC(C)(C)CC2=O)cc(OC)c1. The Balaban J connectivity index is 1.61. The second kappa shape index (κ2) is 8.94. The molecule has 2 aliphatic carbocycles. The van der Waals surface area contributed by atoms with E-state index in [1.165, 1.54) is 11.1 Å². The van der Waals surface area contributed by atoms with E-state index in [0.717, 1.165) is 30.6 Å². The van der Waals surface area contributed by atoms with Gasteiger partial charge in [-0.3, -0.25) is 4.79 Å². The maximum Gasteiger partial charge on any atom is 0.168 e. The maximum absolute atomic E-state index is 13.2. The Kier molecular flexibility index (Phi) is 6.24. The molecule has 0 saturated heterocycles. The highest BCUT2D eigenvalue weighted by Gasteiger charge is 2.36. The first-order valence-electron chi connectivity index (χ1n) is 10.9. The molecule has 0 heterocycles. The molecule has 5 nitrogen and oxygen atoms in total. The third kappa shape index (κ3) is 4.80. The normalized spacial score (nSPS) is 17.7. The molecule has 0 radical (unpaired) electrons. The average molecular weight is 451 g/mol. The monoisotopic (exact) mass is 450 g/mol. The summed E-state index contributed by atoms with van der Waals surface area (Å²) >= 11 is 5.74. The number of anilines is 1. The van der Waals surface area contributed by atoms with Crippen molar-refractivity contribution in [2.75, 3.05) is 19.5 Å². The number of ketones is 1. The molecule has 4 rings (SSSR count). The second-order valence-corrected chi connectivity index (χ2v) is 9.78. The molecule has 0 saturated carbocycles. The van der Waals surface area contributed by atoms with Crippen LogP contribution in [0.2, 0.25) is 0 Å². The summed E-state index contributed by atoms with van der Waals surface area (Å²) in [4.78, 5) is 13.6. The molecule has 32 heavy (non-hydrogen) atoms. The van der Waals surface area contributed by atoms with Crippen molar-refractivity contribution in [3.8, 4) is 11.5 Å². The van der Waals surface area contributed by atoms with E-state index in [1.54, 1.807) is 20.3 Å². The van der Waals surface area contributed by atoms with E-state index in [2.05, 4.69) is 48.7 Å². The Morgan fingerprint density at radius 3 is 2.16 bits per heavy atom. The van der Waals surface area contributed by atoms with Crippen molar-refractivity contribution >= 4 is 28.7 Å². The number of benzene rings is 2. The van der Waals surface area contributed by atoms with Gasteiger partial charge in [0.15, 0.2) is 5.78 Å². The van der Waals surface area contributed by atoms with Crippen molar-refractivity contribution in [1.29, 1.82) is 0 Å². The molecule has 0 atom stereocenters. The lowest BCUT2D eigenvalue weighted by Gasteiger charge is -2.34. The number of fused-ring (bicyclic) bond motifs is 1. The molecule has 2 aliphatic rings. The highest BCUT2D eigenvalue weighted by molar-refractivity contribution is 7.81. The number of ether oxygens (including phenoxy) is 2. The van der Waals surface area contributed by atoms with Crippen LogP contribution < -0.4 is 20.1 Å². The number of methoxy groups -OCH3 is 2. The van der Waals surface area contributed by atoms with Crippen molar-refractivity contribution in [3.63, 3.8) is 0 Å². The fraction of sp³-hybridized carbons (Fsp3) is 0.385. The Hall–Kier alpha value is -2.86. The molecule has 0 aromatic heterocycles. The van der Waals surface area contributed by atoms with Gasteiger partial charge in [0.2, 0.25) is 0 Å². The minimum Gasteiger partial charge on any atom is -0.497 e. The van der Waals surface area contributed by atoms with Crippen molar-refractivity contribution in [2.24, 2.45) is 5.41 Å². The van der Waals surface area contributed by atoms with Crippen molar-refractivity contribution in [1.82, 2.24) is 5.32 Å². The summed E-state index contributed by atoms with van der Waals surface area (Å²) in [6, 6.07) is 14.3. The van der Waals surface area contributed by atoms with Crippen LogP contribution in [0.15, 0.2) is 53.7 Å². The largest absolute Gasteiger partial charge is 0.497 e. The van der Waals surface area contributed by atoms with Crippen molar-refractivity contribution < 1.29 is 14.3 Å². The highest BCUT2D eigenvalue weighted by Crippen LogP contribution is 2.37. The summed E-state index contributed by atoms with van der Waals surface area (Å²) < 4.78 is 10.7. The summed E-state index contributed by atoms with van der Waals surface area (Å²) in [6.07, 6.45) is 3.16. The van der Waals surface area contributed by atoms with E-state index in [1.807, 2.05) is 12.1 Å². The van der Waals surface area contributed by atoms with Gasteiger partial charge in [-0.15, -0.1) is 0 Å². The molecule has 0 spiro atoms. The van der Waals surface area contributed by atoms with Gasteiger partial charge >= 0.3 is 0 Å². The quantitative estimate of drug-likeness (QED) is 0.614. The lowest BCUT2D eigenvalue weighted by atomic mass is 9.75. The number of carbonyl (C=O) groups excluding carboxylic acids is 1. The van der Waals surface area contributed by atoms with Crippen molar-refractivity contribution in [2.45, 2.75) is 45.6 Å². The minimum atomic E-state index is -0.108.